The smallest absolute Gasteiger partial charge is 0.0292 e. The first-order chi connectivity index (χ1) is 9.25. The lowest BCUT2D eigenvalue weighted by Gasteiger charge is -2.26. The minimum absolute atomic E-state index is 0.429. The van der Waals surface area contributed by atoms with E-state index in [0.29, 0.717) is 6.04 Å². The topological polar surface area (TPSA) is 15.3 Å². The van der Waals surface area contributed by atoms with Crippen LogP contribution in [0.2, 0.25) is 0 Å². The van der Waals surface area contributed by atoms with E-state index in [2.05, 4.69) is 57.3 Å². The maximum absolute atomic E-state index is 3.62. The second-order valence-electron chi connectivity index (χ2n) is 5.49. The Kier molecular flexibility index (Phi) is 6.35. The van der Waals surface area contributed by atoms with Crippen molar-refractivity contribution >= 4 is 15.9 Å². The summed E-state index contributed by atoms with van der Waals surface area (Å²) in [7, 11) is 0. The van der Waals surface area contributed by atoms with Crippen molar-refractivity contribution in [2.24, 2.45) is 0 Å². The lowest BCUT2D eigenvalue weighted by molar-refractivity contribution is 0.225. The van der Waals surface area contributed by atoms with Crippen molar-refractivity contribution in [1.82, 2.24) is 10.2 Å². The molecule has 1 fully saturated rings. The quantitative estimate of drug-likeness (QED) is 0.796. The van der Waals surface area contributed by atoms with E-state index in [1.165, 1.54) is 50.9 Å². The number of piperidine rings is 1. The van der Waals surface area contributed by atoms with Crippen LogP contribution in [0.5, 0.6) is 0 Å². The van der Waals surface area contributed by atoms with Gasteiger partial charge in [0.05, 0.1) is 0 Å². The molecule has 1 N–H and O–H groups in total. The summed E-state index contributed by atoms with van der Waals surface area (Å²) in [5, 5.41) is 3.62. The number of hydrogen-bond acceptors (Lipinski definition) is 2. The van der Waals surface area contributed by atoms with Gasteiger partial charge in [-0.2, -0.15) is 0 Å². The minimum atomic E-state index is 0.429. The zero-order chi connectivity index (χ0) is 13.5. The second kappa shape index (κ2) is 8.03. The Morgan fingerprint density at radius 3 is 2.79 bits per heavy atom. The van der Waals surface area contributed by atoms with Gasteiger partial charge < -0.3 is 10.2 Å². The molecule has 0 spiro atoms. The minimum Gasteiger partial charge on any atom is -0.310 e. The van der Waals surface area contributed by atoms with Gasteiger partial charge in [0, 0.05) is 10.5 Å². The van der Waals surface area contributed by atoms with Crippen LogP contribution in [0, 0.1) is 0 Å². The Bertz CT molecular complexity index is 375. The monoisotopic (exact) mass is 324 g/mol. The van der Waals surface area contributed by atoms with Gasteiger partial charge in [0.2, 0.25) is 0 Å². The molecule has 0 aromatic heterocycles. The molecule has 2 rings (SSSR count). The molecule has 1 aliphatic heterocycles. The summed E-state index contributed by atoms with van der Waals surface area (Å²) in [5.41, 5.74) is 1.35. The summed E-state index contributed by atoms with van der Waals surface area (Å²) >= 11 is 3.53. The zero-order valence-corrected chi connectivity index (χ0v) is 13.5. The Morgan fingerprint density at radius 1 is 1.26 bits per heavy atom. The molecule has 0 aliphatic carbocycles. The molecule has 1 aliphatic rings. The summed E-state index contributed by atoms with van der Waals surface area (Å²) in [5.74, 6) is 0. The molecule has 2 nitrogen and oxygen atoms in total. The van der Waals surface area contributed by atoms with Crippen LogP contribution in [-0.2, 0) is 0 Å². The molecule has 0 saturated carbocycles. The van der Waals surface area contributed by atoms with Crippen molar-refractivity contribution in [3.63, 3.8) is 0 Å². The van der Waals surface area contributed by atoms with Gasteiger partial charge in [-0.25, -0.2) is 0 Å². The maximum atomic E-state index is 3.62. The van der Waals surface area contributed by atoms with Crippen LogP contribution in [0.4, 0.5) is 0 Å². The first-order valence-corrected chi connectivity index (χ1v) is 8.26. The van der Waals surface area contributed by atoms with Gasteiger partial charge in [-0.3, -0.25) is 0 Å². The van der Waals surface area contributed by atoms with Gasteiger partial charge >= 0.3 is 0 Å². The Hall–Kier alpha value is -0.380. The summed E-state index contributed by atoms with van der Waals surface area (Å²) < 4.78 is 1.16. The summed E-state index contributed by atoms with van der Waals surface area (Å²) in [6.45, 7) is 7.20. The van der Waals surface area contributed by atoms with Crippen LogP contribution in [0.25, 0.3) is 0 Å². The van der Waals surface area contributed by atoms with Gasteiger partial charge in [-0.15, -0.1) is 0 Å². The number of rotatable bonds is 6. The average molecular weight is 325 g/mol. The van der Waals surface area contributed by atoms with Crippen LogP contribution in [0.1, 0.15) is 44.2 Å². The molecule has 1 atom stereocenters. The van der Waals surface area contributed by atoms with Crippen molar-refractivity contribution in [3.8, 4) is 0 Å². The third kappa shape index (κ3) is 5.25. The molecule has 106 valence electrons. The predicted molar refractivity (Wildman–Crippen MR) is 85.5 cm³/mol. The molecule has 1 heterocycles. The lowest BCUT2D eigenvalue weighted by atomic mass is 10.1. The fourth-order valence-electron chi connectivity index (χ4n) is 2.70. The van der Waals surface area contributed by atoms with Gasteiger partial charge in [0.25, 0.3) is 0 Å². The zero-order valence-electron chi connectivity index (χ0n) is 11.9. The van der Waals surface area contributed by atoms with E-state index in [1.807, 2.05) is 0 Å². The van der Waals surface area contributed by atoms with Crippen LogP contribution in [0.15, 0.2) is 28.7 Å². The normalized spacial score (nSPS) is 18.4. The van der Waals surface area contributed by atoms with E-state index < -0.39 is 0 Å². The van der Waals surface area contributed by atoms with Gasteiger partial charge in [-0.05, 0) is 70.1 Å². The highest BCUT2D eigenvalue weighted by molar-refractivity contribution is 9.10. The molecular formula is C16H25BrN2. The number of nitrogens with zero attached hydrogens (tertiary/aromatic N) is 1. The maximum Gasteiger partial charge on any atom is 0.0292 e. The molecule has 1 aromatic rings. The highest BCUT2D eigenvalue weighted by Gasteiger charge is 2.09. The third-order valence-corrected chi connectivity index (χ3v) is 4.39. The van der Waals surface area contributed by atoms with Crippen LogP contribution in [0.3, 0.4) is 0 Å². The highest BCUT2D eigenvalue weighted by Crippen LogP contribution is 2.17. The first-order valence-electron chi connectivity index (χ1n) is 7.47. The first kappa shape index (κ1) is 15.0. The van der Waals surface area contributed by atoms with Crippen molar-refractivity contribution in [1.29, 1.82) is 0 Å². The van der Waals surface area contributed by atoms with Crippen molar-refractivity contribution in [3.05, 3.63) is 34.3 Å². The number of benzene rings is 1. The van der Waals surface area contributed by atoms with Crippen LogP contribution < -0.4 is 5.32 Å². The van der Waals surface area contributed by atoms with E-state index in [1.54, 1.807) is 0 Å². The molecule has 19 heavy (non-hydrogen) atoms. The molecule has 1 unspecified atom stereocenters. The molecule has 0 bridgehead atoms. The summed E-state index contributed by atoms with van der Waals surface area (Å²) in [6, 6.07) is 8.99. The molecule has 1 saturated heterocycles. The van der Waals surface area contributed by atoms with E-state index in [-0.39, 0.29) is 0 Å². The SMILES string of the molecule is CC(NCCCN1CCCCC1)c1cccc(Br)c1. The molecule has 3 heteroatoms. The van der Waals surface area contributed by atoms with Gasteiger partial charge in [0.15, 0.2) is 0 Å². The average Bonchev–Trinajstić information content (AvgIpc) is 2.44. The van der Waals surface area contributed by atoms with Crippen molar-refractivity contribution in [2.75, 3.05) is 26.2 Å². The van der Waals surface area contributed by atoms with Gasteiger partial charge in [-0.1, -0.05) is 34.5 Å². The Morgan fingerprint density at radius 2 is 2.05 bits per heavy atom. The lowest BCUT2D eigenvalue weighted by Crippen LogP contribution is -2.32. The van der Waals surface area contributed by atoms with E-state index in [0.717, 1.165) is 11.0 Å². The predicted octanol–water partition coefficient (Wildman–Crippen LogP) is 3.98. The number of halogens is 1. The molecular weight excluding hydrogens is 300 g/mol. The standard InChI is InChI=1S/C16H25BrN2/c1-14(15-7-5-8-16(17)13-15)18-9-6-12-19-10-3-2-4-11-19/h5,7-8,13-14,18H,2-4,6,9-12H2,1H3. The number of hydrogen-bond donors (Lipinski definition) is 1. The Balaban J connectivity index is 1.64. The highest BCUT2D eigenvalue weighted by atomic mass is 79.9. The summed E-state index contributed by atoms with van der Waals surface area (Å²) in [4.78, 5) is 2.61. The Labute approximate surface area is 125 Å². The van der Waals surface area contributed by atoms with Crippen molar-refractivity contribution < 1.29 is 0 Å². The largest absolute Gasteiger partial charge is 0.310 e. The fraction of sp³-hybridized carbons (Fsp3) is 0.625. The third-order valence-electron chi connectivity index (χ3n) is 3.90. The van der Waals surface area contributed by atoms with E-state index >= 15 is 0 Å². The van der Waals surface area contributed by atoms with E-state index in [4.69, 9.17) is 0 Å². The fourth-order valence-corrected chi connectivity index (χ4v) is 3.11. The summed E-state index contributed by atoms with van der Waals surface area (Å²) in [6.07, 6.45) is 5.46. The van der Waals surface area contributed by atoms with E-state index in [9.17, 15) is 0 Å². The molecule has 0 amide bonds. The van der Waals surface area contributed by atoms with Crippen LogP contribution >= 0.6 is 15.9 Å². The molecule has 0 radical (unpaired) electrons. The van der Waals surface area contributed by atoms with Crippen LogP contribution in [-0.4, -0.2) is 31.1 Å². The second-order valence-corrected chi connectivity index (χ2v) is 6.40. The number of nitrogens with one attached hydrogen (secondary N) is 1. The van der Waals surface area contributed by atoms with Crippen molar-refractivity contribution in [2.45, 2.75) is 38.6 Å². The van der Waals surface area contributed by atoms with Gasteiger partial charge in [0.1, 0.15) is 0 Å². The molecule has 1 aromatic carbocycles. The number of likely N-dealkylation sites (tertiary alicyclic amines) is 1.